The van der Waals surface area contributed by atoms with Gasteiger partial charge in [0, 0.05) is 6.07 Å². The molecule has 0 heterocycles. The van der Waals surface area contributed by atoms with Crippen LogP contribution in [0.25, 0.3) is 0 Å². The summed E-state index contributed by atoms with van der Waals surface area (Å²) in [6, 6.07) is 4.31. The molecule has 5 nitrogen and oxygen atoms in total. The molecule has 0 saturated heterocycles. The average molecular weight is 284 g/mol. The molecule has 0 radical (unpaired) electrons. The second-order valence-electron chi connectivity index (χ2n) is 5.26. The minimum atomic E-state index is -3.73. The SMILES string of the molecule is CC1CCCC(Oc2cc(S(N)(=O)=O)ccc2N)C1. The van der Waals surface area contributed by atoms with Crippen LogP contribution in [0.5, 0.6) is 5.75 Å². The lowest BCUT2D eigenvalue weighted by atomic mass is 9.89. The van der Waals surface area contributed by atoms with E-state index in [1.165, 1.54) is 24.6 Å². The number of rotatable bonds is 3. The van der Waals surface area contributed by atoms with Crippen molar-refractivity contribution in [1.82, 2.24) is 0 Å². The zero-order chi connectivity index (χ0) is 14.0. The molecule has 0 spiro atoms. The van der Waals surface area contributed by atoms with Gasteiger partial charge in [0.05, 0.1) is 16.7 Å². The Balaban J connectivity index is 2.19. The fourth-order valence-corrected chi connectivity index (χ4v) is 2.99. The third-order valence-electron chi connectivity index (χ3n) is 3.50. The molecule has 1 aromatic rings. The van der Waals surface area contributed by atoms with Crippen molar-refractivity contribution >= 4 is 15.7 Å². The van der Waals surface area contributed by atoms with Crippen molar-refractivity contribution in [2.24, 2.45) is 11.1 Å². The van der Waals surface area contributed by atoms with Crippen LogP contribution in [-0.4, -0.2) is 14.5 Å². The number of nitrogens with two attached hydrogens (primary N) is 2. The highest BCUT2D eigenvalue weighted by atomic mass is 32.2. The van der Waals surface area contributed by atoms with Gasteiger partial charge in [-0.1, -0.05) is 13.3 Å². The van der Waals surface area contributed by atoms with Crippen LogP contribution in [0.4, 0.5) is 5.69 Å². The summed E-state index contributed by atoms with van der Waals surface area (Å²) in [5, 5.41) is 5.11. The van der Waals surface area contributed by atoms with Crippen LogP contribution in [-0.2, 0) is 10.0 Å². The molecule has 2 unspecified atom stereocenters. The van der Waals surface area contributed by atoms with Gasteiger partial charge < -0.3 is 10.5 Å². The molecule has 0 amide bonds. The first kappa shape index (κ1) is 14.1. The maximum absolute atomic E-state index is 11.3. The molecular weight excluding hydrogens is 264 g/mol. The van der Waals surface area contributed by atoms with E-state index in [1.807, 2.05) is 0 Å². The lowest BCUT2D eigenvalue weighted by Gasteiger charge is -2.28. The van der Waals surface area contributed by atoms with Gasteiger partial charge >= 0.3 is 0 Å². The van der Waals surface area contributed by atoms with Crippen LogP contribution in [0, 0.1) is 5.92 Å². The maximum atomic E-state index is 11.3. The van der Waals surface area contributed by atoms with Crippen LogP contribution >= 0.6 is 0 Å². The molecular formula is C13H20N2O3S. The van der Waals surface area contributed by atoms with E-state index in [0.29, 0.717) is 17.4 Å². The molecule has 1 fully saturated rings. The lowest BCUT2D eigenvalue weighted by Crippen LogP contribution is -2.24. The fraction of sp³-hybridized carbons (Fsp3) is 0.538. The maximum Gasteiger partial charge on any atom is 0.238 e. The van der Waals surface area contributed by atoms with Gasteiger partial charge in [0.15, 0.2) is 0 Å². The topological polar surface area (TPSA) is 95.4 Å². The molecule has 1 aromatic carbocycles. The van der Waals surface area contributed by atoms with Crippen molar-refractivity contribution in [3.8, 4) is 5.75 Å². The second kappa shape index (κ2) is 5.38. The predicted molar refractivity (Wildman–Crippen MR) is 74.3 cm³/mol. The Bertz CT molecular complexity index is 557. The van der Waals surface area contributed by atoms with Crippen molar-refractivity contribution < 1.29 is 13.2 Å². The predicted octanol–water partition coefficient (Wildman–Crippen LogP) is 1.87. The van der Waals surface area contributed by atoms with Crippen LogP contribution < -0.4 is 15.6 Å². The lowest BCUT2D eigenvalue weighted by molar-refractivity contribution is 0.130. The second-order valence-corrected chi connectivity index (χ2v) is 6.82. The van der Waals surface area contributed by atoms with Crippen molar-refractivity contribution in [3.63, 3.8) is 0 Å². The summed E-state index contributed by atoms with van der Waals surface area (Å²) >= 11 is 0. The van der Waals surface area contributed by atoms with Crippen molar-refractivity contribution in [2.75, 3.05) is 5.73 Å². The monoisotopic (exact) mass is 284 g/mol. The zero-order valence-corrected chi connectivity index (χ0v) is 11.8. The normalized spacial score (nSPS) is 24.1. The molecule has 4 N–H and O–H groups in total. The molecule has 2 atom stereocenters. The van der Waals surface area contributed by atoms with E-state index < -0.39 is 10.0 Å². The van der Waals surface area contributed by atoms with E-state index in [1.54, 1.807) is 0 Å². The number of hydrogen-bond acceptors (Lipinski definition) is 4. The Morgan fingerprint density at radius 3 is 2.68 bits per heavy atom. The number of benzene rings is 1. The van der Waals surface area contributed by atoms with Crippen LogP contribution in [0.1, 0.15) is 32.6 Å². The number of nitrogen functional groups attached to an aromatic ring is 1. The third kappa shape index (κ3) is 3.61. The molecule has 0 bridgehead atoms. The Kier molecular flexibility index (Phi) is 4.01. The first-order valence-corrected chi connectivity index (χ1v) is 8.00. The summed E-state index contributed by atoms with van der Waals surface area (Å²) in [4.78, 5) is 0.0283. The van der Waals surface area contributed by atoms with E-state index in [4.69, 9.17) is 15.6 Å². The molecule has 0 aliphatic heterocycles. The molecule has 1 aliphatic rings. The van der Waals surface area contributed by atoms with Gasteiger partial charge in [-0.05, 0) is 37.3 Å². The van der Waals surface area contributed by atoms with Crippen molar-refractivity contribution in [1.29, 1.82) is 0 Å². The molecule has 106 valence electrons. The van der Waals surface area contributed by atoms with Crippen molar-refractivity contribution in [3.05, 3.63) is 18.2 Å². The van der Waals surface area contributed by atoms with Crippen molar-refractivity contribution in [2.45, 2.75) is 43.6 Å². The van der Waals surface area contributed by atoms with Gasteiger partial charge in [-0.15, -0.1) is 0 Å². The summed E-state index contributed by atoms with van der Waals surface area (Å²) < 4.78 is 28.5. The largest absolute Gasteiger partial charge is 0.488 e. The van der Waals surface area contributed by atoms with Crippen LogP contribution in [0.3, 0.4) is 0 Å². The zero-order valence-electron chi connectivity index (χ0n) is 11.0. The number of hydrogen-bond donors (Lipinski definition) is 2. The minimum Gasteiger partial charge on any atom is -0.488 e. The molecule has 19 heavy (non-hydrogen) atoms. The first-order chi connectivity index (χ1) is 8.86. The summed E-state index contributed by atoms with van der Waals surface area (Å²) in [7, 11) is -3.73. The highest BCUT2D eigenvalue weighted by Gasteiger charge is 2.21. The van der Waals surface area contributed by atoms with Gasteiger partial charge in [0.25, 0.3) is 0 Å². The Hall–Kier alpha value is -1.27. The van der Waals surface area contributed by atoms with Gasteiger partial charge in [0.2, 0.25) is 10.0 Å². The highest BCUT2D eigenvalue weighted by Crippen LogP contribution is 2.31. The molecule has 6 heteroatoms. The summed E-state index contributed by atoms with van der Waals surface area (Å²) in [5.41, 5.74) is 6.26. The smallest absolute Gasteiger partial charge is 0.238 e. The van der Waals surface area contributed by atoms with E-state index in [9.17, 15) is 8.42 Å². The van der Waals surface area contributed by atoms with Crippen LogP contribution in [0.2, 0.25) is 0 Å². The quantitative estimate of drug-likeness (QED) is 0.828. The van der Waals surface area contributed by atoms with E-state index in [0.717, 1.165) is 19.3 Å². The van der Waals surface area contributed by atoms with Crippen LogP contribution in [0.15, 0.2) is 23.1 Å². The minimum absolute atomic E-state index is 0.0283. The third-order valence-corrected chi connectivity index (χ3v) is 4.41. The first-order valence-electron chi connectivity index (χ1n) is 6.45. The standard InChI is InChI=1S/C13H20N2O3S/c1-9-3-2-4-10(7-9)18-13-8-11(19(15,16)17)5-6-12(13)14/h5-6,8-10H,2-4,7,14H2,1H3,(H2,15,16,17). The summed E-state index contributed by atoms with van der Waals surface area (Å²) in [5.74, 6) is 1.03. The van der Waals surface area contributed by atoms with E-state index in [-0.39, 0.29) is 11.0 Å². The highest BCUT2D eigenvalue weighted by molar-refractivity contribution is 7.89. The van der Waals surface area contributed by atoms with Gasteiger partial charge in [-0.3, -0.25) is 0 Å². The average Bonchev–Trinajstić information content (AvgIpc) is 2.30. The van der Waals surface area contributed by atoms with Gasteiger partial charge in [-0.25, -0.2) is 13.6 Å². The molecule has 2 rings (SSSR count). The number of ether oxygens (including phenoxy) is 1. The van der Waals surface area contributed by atoms with Gasteiger partial charge in [0.1, 0.15) is 5.75 Å². The molecule has 1 aliphatic carbocycles. The van der Waals surface area contributed by atoms with E-state index in [2.05, 4.69) is 6.92 Å². The number of anilines is 1. The van der Waals surface area contributed by atoms with Gasteiger partial charge in [-0.2, -0.15) is 0 Å². The fourth-order valence-electron chi connectivity index (χ4n) is 2.46. The van der Waals surface area contributed by atoms with E-state index >= 15 is 0 Å². The molecule has 0 aromatic heterocycles. The number of primary sulfonamides is 1. The molecule has 1 saturated carbocycles. The summed E-state index contributed by atoms with van der Waals surface area (Å²) in [6.07, 6.45) is 4.39. The number of sulfonamides is 1. The Morgan fingerprint density at radius 2 is 2.05 bits per heavy atom. The summed E-state index contributed by atoms with van der Waals surface area (Å²) in [6.45, 7) is 2.19. The Morgan fingerprint density at radius 1 is 1.32 bits per heavy atom. The Labute approximate surface area is 114 Å².